The van der Waals surface area contributed by atoms with Gasteiger partial charge < -0.3 is 5.32 Å². The van der Waals surface area contributed by atoms with E-state index >= 15 is 0 Å². The second-order valence-corrected chi connectivity index (χ2v) is 5.60. The van der Waals surface area contributed by atoms with Crippen molar-refractivity contribution in [1.82, 2.24) is 9.78 Å². The summed E-state index contributed by atoms with van der Waals surface area (Å²) in [6.07, 6.45) is 0.281. The van der Waals surface area contributed by atoms with Gasteiger partial charge in [0, 0.05) is 24.2 Å². The van der Waals surface area contributed by atoms with E-state index in [4.69, 9.17) is 0 Å². The average molecular weight is 299 g/mol. The lowest BCUT2D eigenvalue weighted by atomic mass is 10.1. The number of rotatable bonds is 4. The predicted molar refractivity (Wildman–Crippen MR) is 86.1 cm³/mol. The van der Waals surface area contributed by atoms with Crippen LogP contribution in [0.1, 0.15) is 40.2 Å². The third-order valence-electron chi connectivity index (χ3n) is 3.48. The molecule has 0 saturated heterocycles. The van der Waals surface area contributed by atoms with Gasteiger partial charge in [-0.1, -0.05) is 12.1 Å². The summed E-state index contributed by atoms with van der Waals surface area (Å²) in [4.78, 5) is 24.1. The normalized spacial score (nSPS) is 10.5. The Morgan fingerprint density at radius 3 is 2.45 bits per heavy atom. The molecule has 0 unspecified atom stereocenters. The Morgan fingerprint density at radius 1 is 1.09 bits per heavy atom. The van der Waals surface area contributed by atoms with Crippen LogP contribution in [0.5, 0.6) is 0 Å². The highest BCUT2D eigenvalue weighted by Crippen LogP contribution is 2.16. The van der Waals surface area contributed by atoms with Crippen LogP contribution in [0.2, 0.25) is 0 Å². The van der Waals surface area contributed by atoms with Crippen molar-refractivity contribution in [3.05, 3.63) is 46.8 Å². The monoisotopic (exact) mass is 299 g/mol. The highest BCUT2D eigenvalue weighted by atomic mass is 16.2. The van der Waals surface area contributed by atoms with Gasteiger partial charge in [-0.2, -0.15) is 5.10 Å². The Morgan fingerprint density at radius 2 is 1.82 bits per heavy atom. The Labute approximate surface area is 130 Å². The van der Waals surface area contributed by atoms with Crippen molar-refractivity contribution in [2.45, 2.75) is 40.5 Å². The molecule has 0 atom stereocenters. The third kappa shape index (κ3) is 3.81. The number of hydrogen-bond donors (Lipinski definition) is 1. The number of hydrogen-bond acceptors (Lipinski definition) is 3. The minimum atomic E-state index is -0.165. The predicted octanol–water partition coefficient (Wildman–Crippen LogP) is 3.18. The van der Waals surface area contributed by atoms with Crippen LogP contribution >= 0.6 is 0 Å². The zero-order valence-electron chi connectivity index (χ0n) is 13.4. The van der Waals surface area contributed by atoms with E-state index in [-0.39, 0.29) is 24.7 Å². The van der Waals surface area contributed by atoms with Crippen LogP contribution in [0.15, 0.2) is 24.3 Å². The second-order valence-electron chi connectivity index (χ2n) is 5.60. The van der Waals surface area contributed by atoms with E-state index in [2.05, 4.69) is 10.4 Å². The largest absolute Gasteiger partial charge is 0.326 e. The molecule has 0 fully saturated rings. The second kappa shape index (κ2) is 6.56. The molecule has 1 aromatic carbocycles. The van der Waals surface area contributed by atoms with Crippen molar-refractivity contribution in [2.75, 3.05) is 5.32 Å². The number of anilines is 1. The van der Waals surface area contributed by atoms with Gasteiger partial charge in [0.25, 0.3) is 0 Å². The summed E-state index contributed by atoms with van der Waals surface area (Å²) in [5.74, 6) is -0.328. The number of nitrogens with one attached hydrogen (secondary N) is 1. The number of aryl methyl sites for hydroxylation is 4. The standard InChI is InChI=1S/C17H21N3O2/c1-11-5-6-12(2)15(9-11)18-16(21)7-8-17(22)20-14(4)10-13(3)19-20/h5-6,9-10H,7-8H2,1-4H3,(H,18,21). The summed E-state index contributed by atoms with van der Waals surface area (Å²) in [7, 11) is 0. The van der Waals surface area contributed by atoms with Gasteiger partial charge in [-0.3, -0.25) is 9.59 Å². The number of benzene rings is 1. The molecule has 1 N–H and O–H groups in total. The molecule has 1 aromatic heterocycles. The molecule has 2 aromatic rings. The SMILES string of the molecule is Cc1ccc(C)c(NC(=O)CCC(=O)n2nc(C)cc2C)c1. The number of amides is 1. The average Bonchev–Trinajstić information content (AvgIpc) is 2.79. The van der Waals surface area contributed by atoms with Crippen molar-refractivity contribution in [2.24, 2.45) is 0 Å². The maximum Gasteiger partial charge on any atom is 0.247 e. The molecule has 5 heteroatoms. The van der Waals surface area contributed by atoms with E-state index in [1.165, 1.54) is 4.68 Å². The molecule has 0 radical (unpaired) electrons. The van der Waals surface area contributed by atoms with E-state index in [1.54, 1.807) is 0 Å². The Kier molecular flexibility index (Phi) is 4.75. The molecule has 1 heterocycles. The summed E-state index contributed by atoms with van der Waals surface area (Å²) in [5, 5.41) is 6.99. The molecule has 116 valence electrons. The fourth-order valence-corrected chi connectivity index (χ4v) is 2.29. The first-order chi connectivity index (χ1) is 10.4. The number of carbonyl (C=O) groups is 2. The van der Waals surface area contributed by atoms with Crippen molar-refractivity contribution >= 4 is 17.5 Å². The minimum absolute atomic E-state index is 0.138. The first kappa shape index (κ1) is 15.9. The van der Waals surface area contributed by atoms with Gasteiger partial charge in [-0.25, -0.2) is 4.68 Å². The quantitative estimate of drug-likeness (QED) is 0.943. The highest BCUT2D eigenvalue weighted by molar-refractivity contribution is 5.94. The molecule has 1 amide bonds. The summed E-state index contributed by atoms with van der Waals surface area (Å²) in [6.45, 7) is 7.58. The molecule has 2 rings (SSSR count). The molecule has 5 nitrogen and oxygen atoms in total. The molecular weight excluding hydrogens is 278 g/mol. The zero-order chi connectivity index (χ0) is 16.3. The molecule has 0 aliphatic heterocycles. The molecule has 22 heavy (non-hydrogen) atoms. The van der Waals surface area contributed by atoms with Crippen LogP contribution in [-0.2, 0) is 4.79 Å². The van der Waals surface area contributed by atoms with Crippen LogP contribution in [0, 0.1) is 27.7 Å². The van der Waals surface area contributed by atoms with Crippen LogP contribution in [0.25, 0.3) is 0 Å². The molecule has 0 aliphatic rings. The van der Waals surface area contributed by atoms with E-state index in [0.29, 0.717) is 0 Å². The Bertz CT molecular complexity index is 717. The number of carbonyl (C=O) groups excluding carboxylic acids is 2. The molecule has 0 spiro atoms. The lowest BCUT2D eigenvalue weighted by Gasteiger charge is -2.09. The highest BCUT2D eigenvalue weighted by Gasteiger charge is 2.13. The van der Waals surface area contributed by atoms with Gasteiger partial charge in [-0.05, 0) is 51.0 Å². The lowest BCUT2D eigenvalue weighted by molar-refractivity contribution is -0.116. The summed E-state index contributed by atoms with van der Waals surface area (Å²) < 4.78 is 1.36. The van der Waals surface area contributed by atoms with Gasteiger partial charge in [0.05, 0.1) is 5.69 Å². The molecule has 0 saturated carbocycles. The van der Waals surface area contributed by atoms with Gasteiger partial charge in [-0.15, -0.1) is 0 Å². The number of nitrogens with zero attached hydrogens (tertiary/aromatic N) is 2. The molecular formula is C17H21N3O2. The first-order valence-corrected chi connectivity index (χ1v) is 7.30. The molecule has 0 aliphatic carbocycles. The number of aromatic nitrogens is 2. The maximum absolute atomic E-state index is 12.1. The summed E-state index contributed by atoms with van der Waals surface area (Å²) in [5.41, 5.74) is 4.47. The minimum Gasteiger partial charge on any atom is -0.326 e. The first-order valence-electron chi connectivity index (χ1n) is 7.30. The fourth-order valence-electron chi connectivity index (χ4n) is 2.29. The van der Waals surface area contributed by atoms with Gasteiger partial charge in [0.15, 0.2) is 0 Å². The summed E-state index contributed by atoms with van der Waals surface area (Å²) >= 11 is 0. The van der Waals surface area contributed by atoms with Crippen LogP contribution in [0.3, 0.4) is 0 Å². The van der Waals surface area contributed by atoms with Crippen LogP contribution in [-0.4, -0.2) is 21.6 Å². The smallest absolute Gasteiger partial charge is 0.247 e. The topological polar surface area (TPSA) is 64.0 Å². The van der Waals surface area contributed by atoms with Crippen molar-refractivity contribution in [1.29, 1.82) is 0 Å². The summed E-state index contributed by atoms with van der Waals surface area (Å²) in [6, 6.07) is 7.73. The Hall–Kier alpha value is -2.43. The van der Waals surface area contributed by atoms with Crippen molar-refractivity contribution in [3.63, 3.8) is 0 Å². The van der Waals surface area contributed by atoms with Crippen LogP contribution < -0.4 is 5.32 Å². The fraction of sp³-hybridized carbons (Fsp3) is 0.353. The van der Waals surface area contributed by atoms with Gasteiger partial charge in [0.1, 0.15) is 0 Å². The van der Waals surface area contributed by atoms with E-state index < -0.39 is 0 Å². The van der Waals surface area contributed by atoms with E-state index in [1.807, 2.05) is 52.0 Å². The van der Waals surface area contributed by atoms with Gasteiger partial charge >= 0.3 is 0 Å². The zero-order valence-corrected chi connectivity index (χ0v) is 13.4. The lowest BCUT2D eigenvalue weighted by Crippen LogP contribution is -2.18. The van der Waals surface area contributed by atoms with Crippen molar-refractivity contribution in [3.8, 4) is 0 Å². The third-order valence-corrected chi connectivity index (χ3v) is 3.48. The van der Waals surface area contributed by atoms with E-state index in [9.17, 15) is 9.59 Å². The maximum atomic E-state index is 12.1. The van der Waals surface area contributed by atoms with Crippen LogP contribution in [0.4, 0.5) is 5.69 Å². The molecule has 0 bridgehead atoms. The Balaban J connectivity index is 1.94. The van der Waals surface area contributed by atoms with Gasteiger partial charge in [0.2, 0.25) is 11.8 Å². The van der Waals surface area contributed by atoms with E-state index in [0.717, 1.165) is 28.2 Å². The van der Waals surface area contributed by atoms with Crippen molar-refractivity contribution < 1.29 is 9.59 Å².